The maximum absolute atomic E-state index is 13.9. The van der Waals surface area contributed by atoms with Crippen LogP contribution in [0.15, 0.2) is 48.7 Å². The first-order valence-electron chi connectivity index (χ1n) is 10.5. The molecule has 0 saturated carbocycles. The summed E-state index contributed by atoms with van der Waals surface area (Å²) in [6, 6.07) is 9.22. The van der Waals surface area contributed by atoms with Gasteiger partial charge in [-0.2, -0.15) is 0 Å². The van der Waals surface area contributed by atoms with Crippen LogP contribution >= 0.6 is 0 Å². The van der Waals surface area contributed by atoms with E-state index in [-0.39, 0.29) is 24.4 Å². The molecule has 0 spiro atoms. The summed E-state index contributed by atoms with van der Waals surface area (Å²) < 4.78 is 40.5. The van der Waals surface area contributed by atoms with Gasteiger partial charge in [0.2, 0.25) is 5.91 Å². The zero-order chi connectivity index (χ0) is 23.5. The lowest BCUT2D eigenvalue weighted by atomic mass is 9.94. The molecule has 2 amide bonds. The van der Waals surface area contributed by atoms with Crippen LogP contribution in [-0.2, 0) is 30.7 Å². The van der Waals surface area contributed by atoms with Crippen molar-refractivity contribution in [2.75, 3.05) is 6.54 Å². The zero-order valence-corrected chi connectivity index (χ0v) is 18.0. The molecular weight excluding hydrogens is 431 g/mol. The highest BCUT2D eigenvalue weighted by Crippen LogP contribution is 2.25. The quantitative estimate of drug-likeness (QED) is 0.638. The highest BCUT2D eigenvalue weighted by Gasteiger charge is 2.24. The number of nitrogens with one attached hydrogen (secondary N) is 1. The minimum absolute atomic E-state index is 0.0260. The number of pyridine rings is 1. The molecule has 1 aromatic heterocycles. The third-order valence-electron chi connectivity index (χ3n) is 5.83. The number of carbonyl (C=O) groups is 2. The highest BCUT2D eigenvalue weighted by atomic mass is 19.2. The Labute approximate surface area is 189 Å². The van der Waals surface area contributed by atoms with Crippen LogP contribution in [0.4, 0.5) is 13.2 Å². The Morgan fingerprint density at radius 3 is 2.61 bits per heavy atom. The van der Waals surface area contributed by atoms with Gasteiger partial charge in [-0.1, -0.05) is 18.2 Å². The van der Waals surface area contributed by atoms with E-state index in [1.54, 1.807) is 17.2 Å². The number of aromatic nitrogens is 1. The van der Waals surface area contributed by atoms with Gasteiger partial charge in [-0.3, -0.25) is 14.6 Å². The normalized spacial score (nSPS) is 12.9. The van der Waals surface area contributed by atoms with E-state index >= 15 is 0 Å². The Morgan fingerprint density at radius 1 is 1.06 bits per heavy atom. The summed E-state index contributed by atoms with van der Waals surface area (Å²) in [7, 11) is 0. The van der Waals surface area contributed by atoms with Gasteiger partial charge >= 0.3 is 0 Å². The van der Waals surface area contributed by atoms with Gasteiger partial charge in [0.25, 0.3) is 5.91 Å². The van der Waals surface area contributed by atoms with Crippen LogP contribution < -0.4 is 5.32 Å². The molecule has 1 aliphatic rings. The zero-order valence-electron chi connectivity index (χ0n) is 18.0. The van der Waals surface area contributed by atoms with Crippen LogP contribution in [0.2, 0.25) is 0 Å². The van der Waals surface area contributed by atoms with E-state index < -0.39 is 23.4 Å². The number of amides is 2. The molecule has 2 aromatic carbocycles. The lowest BCUT2D eigenvalue weighted by molar-refractivity contribution is -0.131. The SMILES string of the molecule is Cc1ncc2c(c1CNC(=O)c1ccccc1F)CCN(C(=O)Cc1ccc(F)c(F)c1)C2. The fourth-order valence-electron chi connectivity index (χ4n) is 4.01. The van der Waals surface area contributed by atoms with Crippen molar-refractivity contribution >= 4 is 11.8 Å². The summed E-state index contributed by atoms with van der Waals surface area (Å²) in [5.41, 5.74) is 3.85. The van der Waals surface area contributed by atoms with Crippen molar-refractivity contribution in [2.45, 2.75) is 32.9 Å². The predicted octanol–water partition coefficient (Wildman–Crippen LogP) is 3.86. The number of aryl methyl sites for hydroxylation is 1. The summed E-state index contributed by atoms with van der Waals surface area (Å²) in [4.78, 5) is 31.2. The van der Waals surface area contributed by atoms with Crippen LogP contribution in [0.25, 0.3) is 0 Å². The van der Waals surface area contributed by atoms with E-state index in [9.17, 15) is 22.8 Å². The van der Waals surface area contributed by atoms with Gasteiger partial charge in [-0.05, 0) is 59.9 Å². The molecule has 1 aliphatic heterocycles. The molecule has 33 heavy (non-hydrogen) atoms. The van der Waals surface area contributed by atoms with Crippen LogP contribution in [0, 0.1) is 24.4 Å². The topological polar surface area (TPSA) is 62.3 Å². The predicted molar refractivity (Wildman–Crippen MR) is 116 cm³/mol. The van der Waals surface area contributed by atoms with Crippen molar-refractivity contribution in [3.05, 3.63) is 99.6 Å². The molecular formula is C25H22F3N3O2. The fraction of sp³-hybridized carbons (Fsp3) is 0.240. The van der Waals surface area contributed by atoms with Crippen LogP contribution in [0.3, 0.4) is 0 Å². The number of fused-ring (bicyclic) bond motifs is 1. The third kappa shape index (κ3) is 4.89. The van der Waals surface area contributed by atoms with E-state index in [4.69, 9.17) is 0 Å². The summed E-state index contributed by atoms with van der Waals surface area (Å²) in [6.07, 6.45) is 2.24. The van der Waals surface area contributed by atoms with Gasteiger partial charge in [0, 0.05) is 31.5 Å². The van der Waals surface area contributed by atoms with E-state index in [0.717, 1.165) is 34.5 Å². The molecule has 5 nitrogen and oxygen atoms in total. The van der Waals surface area contributed by atoms with Gasteiger partial charge in [0.05, 0.1) is 12.0 Å². The Morgan fingerprint density at radius 2 is 1.85 bits per heavy atom. The Bertz CT molecular complexity index is 1230. The molecule has 2 heterocycles. The molecule has 4 rings (SSSR count). The molecule has 0 aliphatic carbocycles. The minimum atomic E-state index is -0.981. The first-order chi connectivity index (χ1) is 15.8. The molecule has 0 radical (unpaired) electrons. The Hall–Kier alpha value is -3.68. The van der Waals surface area contributed by atoms with Gasteiger partial charge in [-0.25, -0.2) is 13.2 Å². The molecule has 0 bridgehead atoms. The fourth-order valence-corrected chi connectivity index (χ4v) is 4.01. The van der Waals surface area contributed by atoms with E-state index in [1.807, 2.05) is 6.92 Å². The number of benzene rings is 2. The van der Waals surface area contributed by atoms with E-state index in [1.165, 1.54) is 24.3 Å². The lowest BCUT2D eigenvalue weighted by Gasteiger charge is -2.30. The van der Waals surface area contributed by atoms with Crippen molar-refractivity contribution in [3.8, 4) is 0 Å². The maximum atomic E-state index is 13.9. The van der Waals surface area contributed by atoms with Crippen molar-refractivity contribution < 1.29 is 22.8 Å². The average molecular weight is 453 g/mol. The first-order valence-corrected chi connectivity index (χ1v) is 10.5. The van der Waals surface area contributed by atoms with Crippen LogP contribution in [0.1, 0.15) is 38.3 Å². The third-order valence-corrected chi connectivity index (χ3v) is 5.83. The molecule has 0 fully saturated rings. The largest absolute Gasteiger partial charge is 0.348 e. The standard InChI is InChI=1S/C25H22F3N3O2/c1-15-20(13-30-25(33)19-4-2-3-5-21(19)26)18-8-9-31(14-17(18)12-29-15)24(32)11-16-6-7-22(27)23(28)10-16/h2-7,10,12H,8-9,11,13-14H2,1H3,(H,30,33). The van der Waals surface area contributed by atoms with E-state index in [0.29, 0.717) is 25.1 Å². The number of hydrogen-bond donors (Lipinski definition) is 1. The molecule has 170 valence electrons. The maximum Gasteiger partial charge on any atom is 0.254 e. The van der Waals surface area contributed by atoms with Gasteiger partial charge in [0.15, 0.2) is 11.6 Å². The average Bonchev–Trinajstić information content (AvgIpc) is 2.80. The van der Waals surface area contributed by atoms with Crippen molar-refractivity contribution in [1.82, 2.24) is 15.2 Å². The number of nitrogens with zero attached hydrogens (tertiary/aromatic N) is 2. The summed E-state index contributed by atoms with van der Waals surface area (Å²) >= 11 is 0. The second kappa shape index (κ2) is 9.44. The van der Waals surface area contributed by atoms with Crippen molar-refractivity contribution in [2.24, 2.45) is 0 Å². The Kier molecular flexibility index (Phi) is 6.44. The lowest BCUT2D eigenvalue weighted by Crippen LogP contribution is -2.38. The van der Waals surface area contributed by atoms with Crippen LogP contribution in [0.5, 0.6) is 0 Å². The number of rotatable bonds is 5. The summed E-state index contributed by atoms with van der Waals surface area (Å²) in [6.45, 7) is 2.82. The number of halogens is 3. The Balaban J connectivity index is 1.46. The van der Waals surface area contributed by atoms with Crippen molar-refractivity contribution in [1.29, 1.82) is 0 Å². The van der Waals surface area contributed by atoms with Gasteiger partial charge in [0.1, 0.15) is 5.82 Å². The molecule has 0 saturated heterocycles. The second-order valence-corrected chi connectivity index (χ2v) is 7.98. The van der Waals surface area contributed by atoms with E-state index in [2.05, 4.69) is 10.3 Å². The second-order valence-electron chi connectivity index (χ2n) is 7.98. The summed E-state index contributed by atoms with van der Waals surface area (Å²) in [5, 5.41) is 2.76. The van der Waals surface area contributed by atoms with Gasteiger partial charge < -0.3 is 10.2 Å². The number of hydrogen-bond acceptors (Lipinski definition) is 3. The molecule has 1 N–H and O–H groups in total. The highest BCUT2D eigenvalue weighted by molar-refractivity contribution is 5.94. The molecule has 8 heteroatoms. The van der Waals surface area contributed by atoms with Crippen molar-refractivity contribution in [3.63, 3.8) is 0 Å². The molecule has 3 aromatic rings. The van der Waals surface area contributed by atoms with Gasteiger partial charge in [-0.15, -0.1) is 0 Å². The smallest absolute Gasteiger partial charge is 0.254 e. The number of carbonyl (C=O) groups excluding carboxylic acids is 2. The molecule has 0 atom stereocenters. The minimum Gasteiger partial charge on any atom is -0.348 e. The van der Waals surface area contributed by atoms with Crippen LogP contribution in [-0.4, -0.2) is 28.2 Å². The molecule has 0 unspecified atom stereocenters. The summed E-state index contributed by atoms with van der Waals surface area (Å²) in [5.74, 6) is -3.22. The monoisotopic (exact) mass is 453 g/mol. The first kappa shape index (κ1) is 22.5.